The van der Waals surface area contributed by atoms with Gasteiger partial charge >= 0.3 is 11.9 Å². The zero-order valence-electron chi connectivity index (χ0n) is 15.7. The number of esters is 2. The minimum absolute atomic E-state index is 0.0123. The largest absolute Gasteiger partial charge is 0.463 e. The quantitative estimate of drug-likeness (QED) is 0.444. The molecule has 0 aromatic carbocycles. The number of fused-ring (bicyclic) bond motifs is 1. The minimum Gasteiger partial charge on any atom is -0.463 e. The van der Waals surface area contributed by atoms with E-state index in [4.69, 9.17) is 9.15 Å². The Labute approximate surface area is 169 Å². The number of hydrogen-bond donors (Lipinski definition) is 0. The van der Waals surface area contributed by atoms with Crippen LogP contribution in [-0.4, -0.2) is 33.8 Å². The average Bonchev–Trinajstić information content (AvgIpc) is 3.50. The van der Waals surface area contributed by atoms with Gasteiger partial charge in [0.1, 0.15) is 6.61 Å². The molecule has 0 atom stereocenters. The molecule has 29 heavy (non-hydrogen) atoms. The van der Waals surface area contributed by atoms with Crippen molar-refractivity contribution in [1.82, 2.24) is 14.8 Å². The summed E-state index contributed by atoms with van der Waals surface area (Å²) in [5.74, 6) is -1.15. The van der Waals surface area contributed by atoms with E-state index in [9.17, 15) is 9.59 Å². The van der Waals surface area contributed by atoms with E-state index in [2.05, 4.69) is 14.8 Å². The molecule has 0 aliphatic heterocycles. The van der Waals surface area contributed by atoms with E-state index in [1.54, 1.807) is 23.0 Å². The van der Waals surface area contributed by atoms with Crippen molar-refractivity contribution in [2.45, 2.75) is 20.1 Å². The van der Waals surface area contributed by atoms with Crippen molar-refractivity contribution >= 4 is 34.3 Å². The third-order valence-electron chi connectivity index (χ3n) is 4.38. The molecule has 0 aliphatic rings. The SMILES string of the molecule is CCn1ncc2c(C(=O)OCc3ccoc3C(=O)OC)cc(-c3cccs3)nc21. The lowest BCUT2D eigenvalue weighted by molar-refractivity contribution is 0.0455. The number of carbonyl (C=O) groups is 2. The number of hydrogen-bond acceptors (Lipinski definition) is 8. The van der Waals surface area contributed by atoms with E-state index < -0.39 is 11.9 Å². The third-order valence-corrected chi connectivity index (χ3v) is 5.27. The first-order valence-corrected chi connectivity index (χ1v) is 9.72. The summed E-state index contributed by atoms with van der Waals surface area (Å²) in [4.78, 5) is 30.2. The van der Waals surface area contributed by atoms with E-state index in [0.717, 1.165) is 4.88 Å². The summed E-state index contributed by atoms with van der Waals surface area (Å²) in [5.41, 5.74) is 2.08. The van der Waals surface area contributed by atoms with E-state index >= 15 is 0 Å². The monoisotopic (exact) mass is 411 g/mol. The molecule has 0 saturated carbocycles. The maximum Gasteiger partial charge on any atom is 0.374 e. The minimum atomic E-state index is -0.628. The summed E-state index contributed by atoms with van der Waals surface area (Å²) in [6, 6.07) is 7.13. The topological polar surface area (TPSA) is 96.5 Å². The molecule has 0 saturated heterocycles. The van der Waals surface area contributed by atoms with Crippen LogP contribution in [0.5, 0.6) is 0 Å². The van der Waals surface area contributed by atoms with Crippen LogP contribution < -0.4 is 0 Å². The number of pyridine rings is 1. The summed E-state index contributed by atoms with van der Waals surface area (Å²) in [6.07, 6.45) is 2.96. The van der Waals surface area contributed by atoms with Gasteiger partial charge in [0, 0.05) is 12.1 Å². The van der Waals surface area contributed by atoms with Crippen LogP contribution in [-0.2, 0) is 22.6 Å². The highest BCUT2D eigenvalue weighted by atomic mass is 32.1. The average molecular weight is 411 g/mol. The number of rotatable bonds is 6. The molecule has 0 amide bonds. The number of carbonyl (C=O) groups excluding carboxylic acids is 2. The normalized spacial score (nSPS) is 11.0. The van der Waals surface area contributed by atoms with Crippen LogP contribution in [0.3, 0.4) is 0 Å². The van der Waals surface area contributed by atoms with Crippen LogP contribution in [0.2, 0.25) is 0 Å². The highest BCUT2D eigenvalue weighted by Crippen LogP contribution is 2.28. The van der Waals surface area contributed by atoms with Gasteiger partial charge < -0.3 is 13.9 Å². The molecular weight excluding hydrogens is 394 g/mol. The molecule has 0 N–H and O–H groups in total. The number of ether oxygens (including phenoxy) is 2. The summed E-state index contributed by atoms with van der Waals surface area (Å²) < 4.78 is 17.0. The first kappa shape index (κ1) is 18.9. The fourth-order valence-corrected chi connectivity index (χ4v) is 3.63. The lowest BCUT2D eigenvalue weighted by atomic mass is 10.1. The van der Waals surface area contributed by atoms with Crippen LogP contribution in [0.4, 0.5) is 0 Å². The molecule has 148 valence electrons. The van der Waals surface area contributed by atoms with Crippen molar-refractivity contribution in [2.75, 3.05) is 7.11 Å². The zero-order valence-corrected chi connectivity index (χ0v) is 16.6. The van der Waals surface area contributed by atoms with Gasteiger partial charge in [-0.25, -0.2) is 19.3 Å². The Morgan fingerprint density at radius 1 is 1.28 bits per heavy atom. The van der Waals surface area contributed by atoms with Gasteiger partial charge in [-0.3, -0.25) is 0 Å². The summed E-state index contributed by atoms with van der Waals surface area (Å²) >= 11 is 1.53. The van der Waals surface area contributed by atoms with Crippen molar-refractivity contribution in [1.29, 1.82) is 0 Å². The van der Waals surface area contributed by atoms with Crippen molar-refractivity contribution in [3.05, 3.63) is 59.0 Å². The van der Waals surface area contributed by atoms with E-state index in [-0.39, 0.29) is 12.4 Å². The number of aryl methyl sites for hydroxylation is 1. The molecule has 4 heterocycles. The van der Waals surface area contributed by atoms with Crippen molar-refractivity contribution in [3.8, 4) is 10.6 Å². The molecule has 0 radical (unpaired) electrons. The lowest BCUT2D eigenvalue weighted by Gasteiger charge is -2.08. The molecule has 4 aromatic heterocycles. The van der Waals surface area contributed by atoms with Crippen molar-refractivity contribution in [3.63, 3.8) is 0 Å². The number of aromatic nitrogens is 3. The second-order valence-corrected chi connectivity index (χ2v) is 7.02. The van der Waals surface area contributed by atoms with Gasteiger partial charge in [0.25, 0.3) is 0 Å². The standard InChI is InChI=1S/C20H17N3O5S/c1-3-23-18-14(10-21-23)13(9-15(22-18)16-5-4-8-29-16)19(24)28-11-12-6-7-27-17(12)20(25)26-2/h4-10H,3,11H2,1-2H3. The van der Waals surface area contributed by atoms with Gasteiger partial charge in [-0.05, 0) is 30.5 Å². The Hall–Kier alpha value is -3.46. The molecule has 8 nitrogen and oxygen atoms in total. The van der Waals surface area contributed by atoms with Crippen LogP contribution >= 0.6 is 11.3 Å². The van der Waals surface area contributed by atoms with E-state index in [1.165, 1.54) is 24.7 Å². The molecule has 0 bridgehead atoms. The molecule has 9 heteroatoms. The first-order valence-electron chi connectivity index (χ1n) is 8.84. The van der Waals surface area contributed by atoms with Crippen LogP contribution in [0.1, 0.15) is 33.4 Å². The van der Waals surface area contributed by atoms with Gasteiger partial charge in [-0.2, -0.15) is 5.10 Å². The Morgan fingerprint density at radius 2 is 2.14 bits per heavy atom. The Bertz CT molecular complexity index is 1180. The molecule has 4 aromatic rings. The summed E-state index contributed by atoms with van der Waals surface area (Å²) in [5, 5.41) is 6.87. The van der Waals surface area contributed by atoms with Crippen LogP contribution in [0.15, 0.2) is 46.5 Å². The molecular formula is C20H17N3O5S. The maximum absolute atomic E-state index is 12.9. The predicted molar refractivity (Wildman–Crippen MR) is 106 cm³/mol. The van der Waals surface area contributed by atoms with Gasteiger partial charge in [0.2, 0.25) is 5.76 Å². The Morgan fingerprint density at radius 3 is 2.86 bits per heavy atom. The molecule has 4 rings (SSSR count). The first-order chi connectivity index (χ1) is 14.1. The highest BCUT2D eigenvalue weighted by Gasteiger charge is 2.21. The number of furan rings is 1. The summed E-state index contributed by atoms with van der Waals surface area (Å²) in [7, 11) is 1.26. The number of nitrogens with zero attached hydrogens (tertiary/aromatic N) is 3. The summed E-state index contributed by atoms with van der Waals surface area (Å²) in [6.45, 7) is 2.45. The third kappa shape index (κ3) is 3.52. The Kier molecular flexibility index (Phi) is 5.13. The van der Waals surface area contributed by atoms with Crippen molar-refractivity contribution in [2.24, 2.45) is 0 Å². The highest BCUT2D eigenvalue weighted by molar-refractivity contribution is 7.13. The van der Waals surface area contributed by atoms with Gasteiger partial charge in [0.05, 0.1) is 41.1 Å². The molecule has 0 spiro atoms. The smallest absolute Gasteiger partial charge is 0.374 e. The molecule has 0 unspecified atom stereocenters. The van der Waals surface area contributed by atoms with Crippen LogP contribution in [0.25, 0.3) is 21.6 Å². The predicted octanol–water partition coefficient (Wildman–Crippen LogP) is 3.92. The van der Waals surface area contributed by atoms with Gasteiger partial charge in [-0.15, -0.1) is 11.3 Å². The fraction of sp³-hybridized carbons (Fsp3) is 0.200. The Balaban J connectivity index is 1.68. The fourth-order valence-electron chi connectivity index (χ4n) is 2.94. The number of thiophene rings is 1. The molecule has 0 fully saturated rings. The second kappa shape index (κ2) is 7.88. The second-order valence-electron chi connectivity index (χ2n) is 6.07. The van der Waals surface area contributed by atoms with E-state index in [0.29, 0.717) is 34.4 Å². The molecule has 0 aliphatic carbocycles. The number of methoxy groups -OCH3 is 1. The van der Waals surface area contributed by atoms with Crippen molar-refractivity contribution < 1.29 is 23.5 Å². The van der Waals surface area contributed by atoms with Gasteiger partial charge in [-0.1, -0.05) is 6.07 Å². The van der Waals surface area contributed by atoms with Gasteiger partial charge in [0.15, 0.2) is 5.65 Å². The lowest BCUT2D eigenvalue weighted by Crippen LogP contribution is -2.09. The van der Waals surface area contributed by atoms with Crippen LogP contribution in [0, 0.1) is 0 Å². The maximum atomic E-state index is 12.9. The van der Waals surface area contributed by atoms with E-state index in [1.807, 2.05) is 24.4 Å². The zero-order chi connectivity index (χ0) is 20.4.